The van der Waals surface area contributed by atoms with Crippen LogP contribution in [0.15, 0.2) is 0 Å². The molecule has 0 atom stereocenters. The smallest absolute Gasteiger partial charge is 0.409 e. The Kier molecular flexibility index (Phi) is 6.18. The van der Waals surface area contributed by atoms with Gasteiger partial charge in [0.05, 0.1) is 26.3 Å². The van der Waals surface area contributed by atoms with Crippen molar-refractivity contribution in [2.75, 3.05) is 40.0 Å². The summed E-state index contributed by atoms with van der Waals surface area (Å²) in [5, 5.41) is 12.2. The number of ether oxygens (including phenoxy) is 2. The third kappa shape index (κ3) is 5.29. The fourth-order valence-corrected chi connectivity index (χ4v) is 2.70. The lowest BCUT2D eigenvalue weighted by Crippen LogP contribution is -2.74. The second-order valence-electron chi connectivity index (χ2n) is 6.59. The number of amides is 1. The van der Waals surface area contributed by atoms with Gasteiger partial charge in [-0.2, -0.15) is 0 Å². The first kappa shape index (κ1) is 17.9. The van der Waals surface area contributed by atoms with Gasteiger partial charge in [0.25, 0.3) is 0 Å². The van der Waals surface area contributed by atoms with E-state index in [4.69, 9.17) is 9.47 Å². The molecule has 1 saturated heterocycles. The minimum atomic E-state index is -1.24. The zero-order valence-electron chi connectivity index (χ0n) is 13.3. The SMILES string of the molecule is COCCNC1(C(=O)O)CN(C(=O)OCC[Si](C)(C)C)C1. The van der Waals surface area contributed by atoms with E-state index in [9.17, 15) is 14.7 Å². The zero-order chi connectivity index (χ0) is 16.1. The van der Waals surface area contributed by atoms with Gasteiger partial charge in [0, 0.05) is 21.7 Å². The van der Waals surface area contributed by atoms with Crippen LogP contribution in [-0.2, 0) is 14.3 Å². The maximum atomic E-state index is 11.8. The van der Waals surface area contributed by atoms with E-state index in [0.717, 1.165) is 6.04 Å². The highest BCUT2D eigenvalue weighted by Crippen LogP contribution is 2.22. The summed E-state index contributed by atoms with van der Waals surface area (Å²) in [4.78, 5) is 24.6. The van der Waals surface area contributed by atoms with Crippen molar-refractivity contribution >= 4 is 20.1 Å². The molecule has 0 unspecified atom stereocenters. The molecule has 0 radical (unpaired) electrons. The van der Waals surface area contributed by atoms with E-state index in [2.05, 4.69) is 25.0 Å². The van der Waals surface area contributed by atoms with Crippen molar-refractivity contribution in [3.63, 3.8) is 0 Å². The number of hydrogen-bond acceptors (Lipinski definition) is 5. The maximum absolute atomic E-state index is 11.8. The van der Waals surface area contributed by atoms with Crippen LogP contribution in [0.1, 0.15) is 0 Å². The van der Waals surface area contributed by atoms with E-state index in [0.29, 0.717) is 19.8 Å². The number of carbonyl (C=O) groups is 2. The lowest BCUT2D eigenvalue weighted by Gasteiger charge is -2.46. The van der Waals surface area contributed by atoms with Crippen molar-refractivity contribution in [1.82, 2.24) is 10.2 Å². The number of rotatable bonds is 8. The topological polar surface area (TPSA) is 88.1 Å². The van der Waals surface area contributed by atoms with E-state index in [1.165, 1.54) is 4.90 Å². The first-order valence-electron chi connectivity index (χ1n) is 7.09. The van der Waals surface area contributed by atoms with Crippen LogP contribution in [-0.4, -0.2) is 75.6 Å². The molecule has 1 amide bonds. The largest absolute Gasteiger partial charge is 0.480 e. The van der Waals surface area contributed by atoms with Gasteiger partial charge in [-0.15, -0.1) is 0 Å². The van der Waals surface area contributed by atoms with Crippen LogP contribution in [0.5, 0.6) is 0 Å². The summed E-state index contributed by atoms with van der Waals surface area (Å²) in [7, 11) is 0.319. The van der Waals surface area contributed by atoms with E-state index in [-0.39, 0.29) is 13.1 Å². The standard InChI is InChI=1S/C13H26N2O5Si/c1-19-6-5-14-13(11(16)17)9-15(10-13)12(18)20-7-8-21(2,3)4/h14H,5-10H2,1-4H3,(H,16,17). The quantitative estimate of drug-likeness (QED) is 0.509. The zero-order valence-corrected chi connectivity index (χ0v) is 14.3. The molecule has 0 aromatic heterocycles. The molecule has 0 bridgehead atoms. The van der Waals surface area contributed by atoms with Gasteiger partial charge >= 0.3 is 12.1 Å². The molecular formula is C13H26N2O5Si. The van der Waals surface area contributed by atoms with E-state index in [1.807, 2.05) is 0 Å². The number of methoxy groups -OCH3 is 1. The van der Waals surface area contributed by atoms with Crippen molar-refractivity contribution in [3.8, 4) is 0 Å². The van der Waals surface area contributed by atoms with Crippen molar-refractivity contribution in [2.24, 2.45) is 0 Å². The van der Waals surface area contributed by atoms with Gasteiger partial charge in [-0.1, -0.05) is 19.6 Å². The third-order valence-electron chi connectivity index (χ3n) is 3.44. The molecule has 1 heterocycles. The Morgan fingerprint density at radius 1 is 1.29 bits per heavy atom. The van der Waals surface area contributed by atoms with Crippen LogP contribution in [0.2, 0.25) is 25.7 Å². The summed E-state index contributed by atoms with van der Waals surface area (Å²) in [5.41, 5.74) is -1.07. The molecule has 8 heteroatoms. The van der Waals surface area contributed by atoms with Gasteiger partial charge in [0.15, 0.2) is 5.54 Å². The maximum Gasteiger partial charge on any atom is 0.409 e. The number of likely N-dealkylation sites (tertiary alicyclic amines) is 1. The van der Waals surface area contributed by atoms with Crippen LogP contribution in [0.4, 0.5) is 4.79 Å². The summed E-state index contributed by atoms with van der Waals surface area (Å²) < 4.78 is 10.1. The first-order valence-corrected chi connectivity index (χ1v) is 10.8. The number of hydrogen-bond donors (Lipinski definition) is 2. The number of carboxylic acid groups (broad SMARTS) is 1. The Balaban J connectivity index is 2.37. The van der Waals surface area contributed by atoms with Crippen LogP contribution < -0.4 is 5.32 Å². The number of nitrogens with zero attached hydrogens (tertiary/aromatic N) is 1. The third-order valence-corrected chi connectivity index (χ3v) is 5.14. The van der Waals surface area contributed by atoms with E-state index in [1.54, 1.807) is 7.11 Å². The van der Waals surface area contributed by atoms with Crippen LogP contribution in [0, 0.1) is 0 Å². The Morgan fingerprint density at radius 2 is 1.90 bits per heavy atom. The van der Waals surface area contributed by atoms with Crippen LogP contribution >= 0.6 is 0 Å². The van der Waals surface area contributed by atoms with Gasteiger partial charge in [0.2, 0.25) is 0 Å². The Hall–Kier alpha value is -1.12. The summed E-state index contributed by atoms with van der Waals surface area (Å²) in [6.07, 6.45) is -0.432. The second kappa shape index (κ2) is 7.23. The van der Waals surface area contributed by atoms with Gasteiger partial charge in [-0.3, -0.25) is 10.1 Å². The average Bonchev–Trinajstić information content (AvgIpc) is 2.29. The van der Waals surface area contributed by atoms with E-state index >= 15 is 0 Å². The highest BCUT2D eigenvalue weighted by Gasteiger charge is 2.51. The van der Waals surface area contributed by atoms with Crippen LogP contribution in [0.25, 0.3) is 0 Å². The molecule has 1 fully saturated rings. The normalized spacial score (nSPS) is 17.2. The molecule has 0 aromatic carbocycles. The van der Waals surface area contributed by atoms with Crippen LogP contribution in [0.3, 0.4) is 0 Å². The average molecular weight is 318 g/mol. The van der Waals surface area contributed by atoms with Gasteiger partial charge in [0.1, 0.15) is 0 Å². The lowest BCUT2D eigenvalue weighted by molar-refractivity contribution is -0.151. The monoisotopic (exact) mass is 318 g/mol. The summed E-state index contributed by atoms with van der Waals surface area (Å²) in [6, 6.07) is 0.905. The first-order chi connectivity index (χ1) is 9.70. The molecule has 0 aromatic rings. The Bertz CT molecular complexity index is 377. The summed E-state index contributed by atoms with van der Waals surface area (Å²) >= 11 is 0. The summed E-state index contributed by atoms with van der Waals surface area (Å²) in [6.45, 7) is 8.13. The Labute approximate surface area is 126 Å². The molecule has 21 heavy (non-hydrogen) atoms. The number of carbonyl (C=O) groups excluding carboxylic acids is 1. The lowest BCUT2D eigenvalue weighted by atomic mass is 9.90. The molecule has 0 aliphatic carbocycles. The minimum Gasteiger partial charge on any atom is -0.480 e. The molecular weight excluding hydrogens is 292 g/mol. The van der Waals surface area contributed by atoms with Gasteiger partial charge < -0.3 is 19.5 Å². The molecule has 1 rings (SSSR count). The minimum absolute atomic E-state index is 0.123. The number of aliphatic carboxylic acids is 1. The highest BCUT2D eigenvalue weighted by molar-refractivity contribution is 6.76. The van der Waals surface area contributed by atoms with Crippen molar-refractivity contribution in [1.29, 1.82) is 0 Å². The Morgan fingerprint density at radius 3 is 2.38 bits per heavy atom. The molecule has 1 aliphatic rings. The van der Waals surface area contributed by atoms with Crippen molar-refractivity contribution in [3.05, 3.63) is 0 Å². The molecule has 7 nitrogen and oxygen atoms in total. The number of carboxylic acids is 1. The van der Waals surface area contributed by atoms with Crippen molar-refractivity contribution < 1.29 is 24.2 Å². The predicted octanol–water partition coefficient (Wildman–Crippen LogP) is 0.836. The van der Waals surface area contributed by atoms with Crippen molar-refractivity contribution in [2.45, 2.75) is 31.2 Å². The van der Waals surface area contributed by atoms with Gasteiger partial charge in [-0.25, -0.2) is 4.79 Å². The van der Waals surface area contributed by atoms with Gasteiger partial charge in [-0.05, 0) is 6.04 Å². The molecule has 1 aliphatic heterocycles. The molecule has 122 valence electrons. The second-order valence-corrected chi connectivity index (χ2v) is 12.2. The predicted molar refractivity (Wildman–Crippen MR) is 81.3 cm³/mol. The number of nitrogens with one attached hydrogen (secondary N) is 1. The molecule has 0 saturated carbocycles. The fraction of sp³-hybridized carbons (Fsp3) is 0.846. The molecule has 0 spiro atoms. The molecule has 2 N–H and O–H groups in total. The van der Waals surface area contributed by atoms with E-state index < -0.39 is 25.7 Å². The summed E-state index contributed by atoms with van der Waals surface area (Å²) in [5.74, 6) is -0.954. The fourth-order valence-electron chi connectivity index (χ4n) is 1.99. The highest BCUT2D eigenvalue weighted by atomic mass is 28.3.